The lowest BCUT2D eigenvalue weighted by molar-refractivity contribution is 0.0623. The molecule has 0 radical (unpaired) electrons. The molecule has 4 rings (SSSR count). The van der Waals surface area contributed by atoms with Gasteiger partial charge in [0.1, 0.15) is 17.4 Å². The van der Waals surface area contributed by atoms with Gasteiger partial charge in [-0.3, -0.25) is 0 Å². The number of nitrogens with zero attached hydrogens (tertiary/aromatic N) is 2. The lowest BCUT2D eigenvalue weighted by Crippen LogP contribution is -2.25. The topological polar surface area (TPSA) is 73.3 Å². The Bertz CT molecular complexity index is 855. The van der Waals surface area contributed by atoms with Crippen molar-refractivity contribution in [2.45, 2.75) is 39.3 Å². The molecular weight excluding hydrogens is 318 g/mol. The van der Waals surface area contributed by atoms with Gasteiger partial charge >= 0.3 is 0 Å². The molecule has 25 heavy (non-hydrogen) atoms. The SMILES string of the molecule is CCc1oc2ccccc2c1CNC[C@@H]1CCO[C@@H]1c1nc(C)no1. The first-order chi connectivity index (χ1) is 12.3. The minimum Gasteiger partial charge on any atom is -0.461 e. The fourth-order valence-electron chi connectivity index (χ4n) is 3.56. The van der Waals surface area contributed by atoms with Gasteiger partial charge in [0.05, 0.1) is 0 Å². The summed E-state index contributed by atoms with van der Waals surface area (Å²) in [6.07, 6.45) is 1.77. The zero-order valence-electron chi connectivity index (χ0n) is 14.6. The van der Waals surface area contributed by atoms with Gasteiger partial charge in [-0.15, -0.1) is 0 Å². The van der Waals surface area contributed by atoms with Crippen LogP contribution in [0, 0.1) is 12.8 Å². The van der Waals surface area contributed by atoms with Crippen LogP contribution in [0.1, 0.15) is 42.5 Å². The Labute approximate surface area is 146 Å². The quantitative estimate of drug-likeness (QED) is 0.739. The number of hydrogen-bond acceptors (Lipinski definition) is 6. The van der Waals surface area contributed by atoms with Crippen LogP contribution in [-0.2, 0) is 17.7 Å². The van der Waals surface area contributed by atoms with Gasteiger partial charge in [-0.25, -0.2) is 0 Å². The molecule has 0 saturated carbocycles. The number of aromatic nitrogens is 2. The summed E-state index contributed by atoms with van der Waals surface area (Å²) in [6.45, 7) is 6.31. The summed E-state index contributed by atoms with van der Waals surface area (Å²) >= 11 is 0. The third-order valence-corrected chi connectivity index (χ3v) is 4.81. The molecule has 3 heterocycles. The first kappa shape index (κ1) is 16.3. The molecule has 0 spiro atoms. The van der Waals surface area contributed by atoms with Crippen molar-refractivity contribution in [1.82, 2.24) is 15.5 Å². The van der Waals surface area contributed by atoms with E-state index in [1.165, 1.54) is 10.9 Å². The molecule has 1 fully saturated rings. The highest BCUT2D eigenvalue weighted by Crippen LogP contribution is 2.33. The Morgan fingerprint density at radius 2 is 2.16 bits per heavy atom. The highest BCUT2D eigenvalue weighted by Gasteiger charge is 2.33. The third-order valence-electron chi connectivity index (χ3n) is 4.81. The standard InChI is InChI=1S/C19H23N3O3/c1-3-16-15(14-6-4-5-7-17(14)24-16)11-20-10-13-8-9-23-18(13)19-21-12(2)22-25-19/h4-7,13,18,20H,3,8-11H2,1-2H3/t13-,18-/m0/s1. The van der Waals surface area contributed by atoms with Crippen LogP contribution in [0.4, 0.5) is 0 Å². The Hall–Kier alpha value is -2.18. The lowest BCUT2D eigenvalue weighted by Gasteiger charge is -2.15. The third kappa shape index (κ3) is 3.19. The second-order valence-corrected chi connectivity index (χ2v) is 6.50. The highest BCUT2D eigenvalue weighted by atomic mass is 16.5. The van der Waals surface area contributed by atoms with Crippen molar-refractivity contribution >= 4 is 11.0 Å². The van der Waals surface area contributed by atoms with Gasteiger partial charge in [0.2, 0.25) is 0 Å². The van der Waals surface area contributed by atoms with Crippen molar-refractivity contribution in [3.63, 3.8) is 0 Å². The fraction of sp³-hybridized carbons (Fsp3) is 0.474. The number of rotatable bonds is 6. The highest BCUT2D eigenvalue weighted by molar-refractivity contribution is 5.82. The summed E-state index contributed by atoms with van der Waals surface area (Å²) in [5, 5.41) is 8.64. The van der Waals surface area contributed by atoms with Gasteiger partial charge in [0, 0.05) is 43.0 Å². The second-order valence-electron chi connectivity index (χ2n) is 6.50. The Balaban J connectivity index is 1.44. The second kappa shape index (κ2) is 6.98. The van der Waals surface area contributed by atoms with Crippen LogP contribution in [0.2, 0.25) is 0 Å². The number of para-hydroxylation sites is 1. The summed E-state index contributed by atoms with van der Waals surface area (Å²) in [6, 6.07) is 8.21. The molecule has 1 aliphatic rings. The summed E-state index contributed by atoms with van der Waals surface area (Å²) < 4.78 is 17.1. The zero-order valence-corrected chi connectivity index (χ0v) is 14.6. The number of fused-ring (bicyclic) bond motifs is 1. The van der Waals surface area contributed by atoms with Crippen LogP contribution in [0.15, 0.2) is 33.2 Å². The van der Waals surface area contributed by atoms with Crippen molar-refractivity contribution in [2.24, 2.45) is 5.92 Å². The van der Waals surface area contributed by atoms with E-state index in [9.17, 15) is 0 Å². The van der Waals surface area contributed by atoms with Crippen LogP contribution in [0.25, 0.3) is 11.0 Å². The number of nitrogens with one attached hydrogen (secondary N) is 1. The summed E-state index contributed by atoms with van der Waals surface area (Å²) in [5.74, 6) is 2.63. The molecule has 6 heteroatoms. The summed E-state index contributed by atoms with van der Waals surface area (Å²) in [7, 11) is 0. The van der Waals surface area contributed by atoms with Crippen molar-refractivity contribution in [2.75, 3.05) is 13.2 Å². The normalized spacial score (nSPS) is 20.6. The maximum absolute atomic E-state index is 5.97. The fourth-order valence-corrected chi connectivity index (χ4v) is 3.56. The van der Waals surface area contributed by atoms with E-state index in [1.54, 1.807) is 0 Å². The van der Waals surface area contributed by atoms with Crippen LogP contribution >= 0.6 is 0 Å². The molecule has 2 atom stereocenters. The molecule has 6 nitrogen and oxygen atoms in total. The van der Waals surface area contributed by atoms with Crippen LogP contribution in [0.3, 0.4) is 0 Å². The minimum atomic E-state index is -0.111. The Morgan fingerprint density at radius 1 is 1.28 bits per heavy atom. The molecule has 0 aliphatic carbocycles. The lowest BCUT2D eigenvalue weighted by atomic mass is 10.0. The predicted molar refractivity (Wildman–Crippen MR) is 93.1 cm³/mol. The van der Waals surface area contributed by atoms with E-state index in [4.69, 9.17) is 13.7 Å². The van der Waals surface area contributed by atoms with E-state index in [0.29, 0.717) is 17.6 Å². The van der Waals surface area contributed by atoms with E-state index in [0.717, 1.165) is 43.9 Å². The van der Waals surface area contributed by atoms with Gasteiger partial charge < -0.3 is 19.0 Å². The van der Waals surface area contributed by atoms with E-state index in [2.05, 4.69) is 34.5 Å². The molecular formula is C19H23N3O3. The van der Waals surface area contributed by atoms with Gasteiger partial charge in [-0.1, -0.05) is 30.3 Å². The number of benzene rings is 1. The monoisotopic (exact) mass is 341 g/mol. The molecule has 3 aromatic rings. The Kier molecular flexibility index (Phi) is 4.55. The molecule has 1 saturated heterocycles. The number of hydrogen-bond donors (Lipinski definition) is 1. The maximum atomic E-state index is 5.97. The van der Waals surface area contributed by atoms with Crippen LogP contribution in [0.5, 0.6) is 0 Å². The van der Waals surface area contributed by atoms with E-state index in [-0.39, 0.29) is 6.10 Å². The van der Waals surface area contributed by atoms with E-state index >= 15 is 0 Å². The minimum absolute atomic E-state index is 0.111. The smallest absolute Gasteiger partial charge is 0.256 e. The number of aryl methyl sites for hydroxylation is 2. The van der Waals surface area contributed by atoms with Crippen LogP contribution < -0.4 is 5.32 Å². The molecule has 0 bridgehead atoms. The van der Waals surface area contributed by atoms with E-state index < -0.39 is 0 Å². The van der Waals surface area contributed by atoms with Gasteiger partial charge in [-0.2, -0.15) is 4.98 Å². The number of furan rings is 1. The van der Waals surface area contributed by atoms with Gasteiger partial charge in [-0.05, 0) is 19.4 Å². The maximum Gasteiger partial charge on any atom is 0.256 e. The molecule has 1 aliphatic heterocycles. The van der Waals surface area contributed by atoms with Crippen molar-refractivity contribution < 1.29 is 13.7 Å². The largest absolute Gasteiger partial charge is 0.461 e. The van der Waals surface area contributed by atoms with Crippen molar-refractivity contribution in [1.29, 1.82) is 0 Å². The molecule has 0 unspecified atom stereocenters. The predicted octanol–water partition coefficient (Wildman–Crippen LogP) is 3.55. The van der Waals surface area contributed by atoms with Gasteiger partial charge in [0.15, 0.2) is 5.82 Å². The number of ether oxygens (including phenoxy) is 1. The molecule has 2 aromatic heterocycles. The van der Waals surface area contributed by atoms with Crippen LogP contribution in [-0.4, -0.2) is 23.3 Å². The van der Waals surface area contributed by atoms with E-state index in [1.807, 2.05) is 19.1 Å². The molecule has 1 aromatic carbocycles. The van der Waals surface area contributed by atoms with Crippen molar-refractivity contribution in [3.8, 4) is 0 Å². The summed E-state index contributed by atoms with van der Waals surface area (Å²) in [4.78, 5) is 4.32. The average molecular weight is 341 g/mol. The first-order valence-electron chi connectivity index (χ1n) is 8.88. The van der Waals surface area contributed by atoms with Crippen molar-refractivity contribution in [3.05, 3.63) is 47.3 Å². The first-order valence-corrected chi connectivity index (χ1v) is 8.88. The Morgan fingerprint density at radius 3 is 2.96 bits per heavy atom. The molecule has 0 amide bonds. The summed E-state index contributed by atoms with van der Waals surface area (Å²) in [5.41, 5.74) is 2.21. The zero-order chi connectivity index (χ0) is 17.2. The molecule has 132 valence electrons. The average Bonchev–Trinajstić information content (AvgIpc) is 3.33. The molecule has 1 N–H and O–H groups in total. The van der Waals surface area contributed by atoms with Gasteiger partial charge in [0.25, 0.3) is 5.89 Å².